The monoisotopic (exact) mass is 239 g/mol. The van der Waals surface area contributed by atoms with Gasteiger partial charge in [0.2, 0.25) is 0 Å². The van der Waals surface area contributed by atoms with E-state index in [1.54, 1.807) is 0 Å². The van der Waals surface area contributed by atoms with E-state index in [-0.39, 0.29) is 0 Å². The summed E-state index contributed by atoms with van der Waals surface area (Å²) in [5.74, 6) is 1.11. The average Bonchev–Trinajstić information content (AvgIpc) is 2.96. The second kappa shape index (κ2) is 4.14. The largest absolute Gasteiger partial charge is 0.312 e. The van der Waals surface area contributed by atoms with Gasteiger partial charge < -0.3 is 0 Å². The third-order valence-corrected chi connectivity index (χ3v) is 3.09. The number of hydrogen-bond donors (Lipinski definition) is 0. The van der Waals surface area contributed by atoms with Gasteiger partial charge in [0.1, 0.15) is 18.1 Å². The maximum absolute atomic E-state index is 4.24. The lowest BCUT2D eigenvalue weighted by atomic mass is 10.3. The number of aryl methyl sites for hydroxylation is 2. The maximum Gasteiger partial charge on any atom is 0.312 e. The molecule has 0 aliphatic rings. The molecular formula is C14H15N4+. The Bertz CT molecular complexity index is 664. The van der Waals surface area contributed by atoms with Crippen molar-refractivity contribution in [2.24, 2.45) is 14.1 Å². The predicted octanol–water partition coefficient (Wildman–Crippen LogP) is 1.70. The van der Waals surface area contributed by atoms with Gasteiger partial charge >= 0.3 is 5.82 Å². The molecule has 0 amide bonds. The maximum atomic E-state index is 4.24. The van der Waals surface area contributed by atoms with Crippen molar-refractivity contribution >= 4 is 0 Å². The van der Waals surface area contributed by atoms with Crippen LogP contribution in [0.4, 0.5) is 0 Å². The van der Waals surface area contributed by atoms with Gasteiger partial charge in [-0.3, -0.25) is 4.68 Å². The molecule has 0 N–H and O–H groups in total. The number of rotatable bonds is 2. The Morgan fingerprint density at radius 1 is 1.11 bits per heavy atom. The molecule has 0 unspecified atom stereocenters. The van der Waals surface area contributed by atoms with E-state index in [1.165, 1.54) is 0 Å². The summed E-state index contributed by atoms with van der Waals surface area (Å²) in [4.78, 5) is 0. The first-order chi connectivity index (χ1) is 8.77. The summed E-state index contributed by atoms with van der Waals surface area (Å²) in [5, 5.41) is 4.24. The van der Waals surface area contributed by atoms with Crippen molar-refractivity contribution in [3.63, 3.8) is 0 Å². The van der Waals surface area contributed by atoms with Crippen molar-refractivity contribution in [1.29, 1.82) is 0 Å². The van der Waals surface area contributed by atoms with Crippen LogP contribution in [-0.4, -0.2) is 14.3 Å². The second-order valence-corrected chi connectivity index (χ2v) is 4.28. The molecule has 18 heavy (non-hydrogen) atoms. The minimum Gasteiger partial charge on any atom is -0.260 e. The first-order valence-corrected chi connectivity index (χ1v) is 5.88. The molecule has 0 spiro atoms. The van der Waals surface area contributed by atoms with Crippen LogP contribution in [0.25, 0.3) is 17.2 Å². The molecule has 3 aromatic rings. The molecule has 2 heterocycles. The Morgan fingerprint density at radius 2 is 1.89 bits per heavy atom. The van der Waals surface area contributed by atoms with Gasteiger partial charge in [0, 0.05) is 13.2 Å². The Morgan fingerprint density at radius 3 is 2.56 bits per heavy atom. The van der Waals surface area contributed by atoms with E-state index in [0.717, 1.165) is 17.2 Å². The highest BCUT2D eigenvalue weighted by molar-refractivity contribution is 5.51. The summed E-state index contributed by atoms with van der Waals surface area (Å²) in [6.45, 7) is 0. The van der Waals surface area contributed by atoms with Crippen LogP contribution in [0.15, 0.2) is 55.0 Å². The first-order valence-electron chi connectivity index (χ1n) is 5.88. The third kappa shape index (κ3) is 1.62. The van der Waals surface area contributed by atoms with Gasteiger partial charge in [-0.05, 0) is 18.2 Å². The highest BCUT2D eigenvalue weighted by Gasteiger charge is 2.21. The lowest BCUT2D eigenvalue weighted by Gasteiger charge is -2.02. The summed E-state index contributed by atoms with van der Waals surface area (Å²) in [6.07, 6.45) is 5.94. The molecule has 0 aliphatic carbocycles. The molecular weight excluding hydrogens is 224 g/mol. The zero-order chi connectivity index (χ0) is 12.5. The average molecular weight is 239 g/mol. The molecule has 90 valence electrons. The fraction of sp³-hybridized carbons (Fsp3) is 0.143. The molecule has 0 radical (unpaired) electrons. The van der Waals surface area contributed by atoms with Crippen LogP contribution < -0.4 is 4.57 Å². The highest BCUT2D eigenvalue weighted by atomic mass is 15.3. The molecule has 0 fully saturated rings. The summed E-state index contributed by atoms with van der Waals surface area (Å²) in [6, 6.07) is 12.3. The lowest BCUT2D eigenvalue weighted by molar-refractivity contribution is -0.659. The van der Waals surface area contributed by atoms with Crippen molar-refractivity contribution in [3.05, 3.63) is 55.0 Å². The standard InChI is InChI=1S/C14H15N4/c1-16-10-11-18(12-6-4-3-5-7-12)14(16)13-8-9-15-17(13)2/h3-11H,1-2H3/q+1. The zero-order valence-corrected chi connectivity index (χ0v) is 10.5. The Hall–Kier alpha value is -2.36. The van der Waals surface area contributed by atoms with Crippen LogP contribution >= 0.6 is 0 Å². The molecule has 4 heteroatoms. The number of hydrogen-bond acceptors (Lipinski definition) is 1. The highest BCUT2D eigenvalue weighted by Crippen LogP contribution is 2.18. The predicted molar refractivity (Wildman–Crippen MR) is 69.1 cm³/mol. The summed E-state index contributed by atoms with van der Waals surface area (Å²) in [7, 11) is 4.00. The van der Waals surface area contributed by atoms with Crippen LogP contribution in [0, 0.1) is 0 Å². The topological polar surface area (TPSA) is 26.6 Å². The molecule has 0 saturated heterocycles. The number of para-hydroxylation sites is 1. The Balaban J connectivity index is 2.22. The third-order valence-electron chi connectivity index (χ3n) is 3.09. The van der Waals surface area contributed by atoms with E-state index in [9.17, 15) is 0 Å². The van der Waals surface area contributed by atoms with E-state index in [1.807, 2.05) is 49.2 Å². The molecule has 0 bridgehead atoms. The lowest BCUT2D eigenvalue weighted by Crippen LogP contribution is -2.29. The SMILES string of the molecule is Cn1nccc1-c1n(-c2ccccc2)cc[n+]1C. The van der Waals surface area contributed by atoms with Crippen molar-refractivity contribution in [1.82, 2.24) is 14.3 Å². The van der Waals surface area contributed by atoms with Crippen LogP contribution in [0.1, 0.15) is 0 Å². The van der Waals surface area contributed by atoms with Crippen LogP contribution in [0.3, 0.4) is 0 Å². The summed E-state index contributed by atoms with van der Waals surface area (Å²) >= 11 is 0. The second-order valence-electron chi connectivity index (χ2n) is 4.28. The van der Waals surface area contributed by atoms with Crippen molar-refractivity contribution in [2.75, 3.05) is 0 Å². The Kier molecular flexibility index (Phi) is 2.48. The minimum atomic E-state index is 1.09. The van der Waals surface area contributed by atoms with Gasteiger partial charge in [-0.15, -0.1) is 0 Å². The molecule has 2 aromatic heterocycles. The number of benzene rings is 1. The Labute approximate surface area is 106 Å². The molecule has 0 saturated carbocycles. The minimum absolute atomic E-state index is 1.09. The van der Waals surface area contributed by atoms with Gasteiger partial charge in [-0.1, -0.05) is 18.2 Å². The van der Waals surface area contributed by atoms with Crippen LogP contribution in [0.5, 0.6) is 0 Å². The van der Waals surface area contributed by atoms with E-state index in [2.05, 4.69) is 38.8 Å². The molecule has 1 aromatic carbocycles. The zero-order valence-electron chi connectivity index (χ0n) is 10.5. The van der Waals surface area contributed by atoms with E-state index in [4.69, 9.17) is 0 Å². The fourth-order valence-corrected chi connectivity index (χ4v) is 2.17. The van der Waals surface area contributed by atoms with E-state index in [0.29, 0.717) is 0 Å². The van der Waals surface area contributed by atoms with Gasteiger partial charge in [-0.2, -0.15) is 9.67 Å². The summed E-state index contributed by atoms with van der Waals surface area (Å²) in [5.41, 5.74) is 2.24. The van der Waals surface area contributed by atoms with Crippen molar-refractivity contribution in [2.45, 2.75) is 0 Å². The molecule has 0 atom stereocenters. The van der Waals surface area contributed by atoms with Gasteiger partial charge in [-0.25, -0.2) is 4.57 Å². The van der Waals surface area contributed by atoms with Crippen LogP contribution in [0.2, 0.25) is 0 Å². The fourth-order valence-electron chi connectivity index (χ4n) is 2.17. The number of nitrogens with zero attached hydrogens (tertiary/aromatic N) is 4. The van der Waals surface area contributed by atoms with Crippen molar-refractivity contribution < 1.29 is 4.57 Å². The normalized spacial score (nSPS) is 10.8. The molecule has 3 rings (SSSR count). The van der Waals surface area contributed by atoms with E-state index < -0.39 is 0 Å². The number of imidazole rings is 1. The van der Waals surface area contributed by atoms with E-state index >= 15 is 0 Å². The quantitative estimate of drug-likeness (QED) is 0.625. The molecule has 4 nitrogen and oxygen atoms in total. The molecule has 0 aliphatic heterocycles. The van der Waals surface area contributed by atoms with Gasteiger partial charge in [0.25, 0.3) is 0 Å². The van der Waals surface area contributed by atoms with Crippen molar-refractivity contribution in [3.8, 4) is 17.2 Å². The van der Waals surface area contributed by atoms with Crippen LogP contribution in [-0.2, 0) is 14.1 Å². The number of aromatic nitrogens is 4. The summed E-state index contributed by atoms with van der Waals surface area (Å²) < 4.78 is 6.15. The smallest absolute Gasteiger partial charge is 0.260 e. The van der Waals surface area contributed by atoms with Gasteiger partial charge in [0.15, 0.2) is 5.69 Å². The van der Waals surface area contributed by atoms with Gasteiger partial charge in [0.05, 0.1) is 7.05 Å². The first kappa shape index (κ1) is 10.8.